The molecule has 11 heteroatoms. The summed E-state index contributed by atoms with van der Waals surface area (Å²) in [5, 5.41) is 33.4. The molecule has 8 nitrogen and oxygen atoms in total. The standard InChI is InChI=1S/C43H28NOP.C41H25NO2S.C38H25N2OP/c45-46(31-14-3-1-4-15-31,32-16-5-2-6-17-32)33-26-23-30(24-27-33)43-42-38-22-12-10-20-36(38)35-19-9-11-21-37(35)41(42)40-34-18-8-7-13-29(34)25-28-39(40)44-43;43-45(44,26-14-2-1-3-15-26)41-33-22-10-8-20-31(33)38(32-21-9-11-23-34(32)41)40-39-30-19-7-5-17-28(30)27-16-4-6-18-29(27)37(39)35-24-12-13-25-36(35)42-40;41-42(27-14-3-1-4-15-27,28-16-5-2-6-17-28)29-18-11-13-26(25-29)37-35-32-21-9-7-19-30(32)31-20-8-10-22-33(31)36(35)38-34(40-37)23-12-24-39-38/h1-28H;1-25H;1-25H. The normalized spacial score (nSPS) is 12.0. The highest BCUT2D eigenvalue weighted by atomic mass is 32.2. The van der Waals surface area contributed by atoms with E-state index in [1.54, 1.807) is 24.3 Å². The van der Waals surface area contributed by atoms with Crippen molar-refractivity contribution in [1.82, 2.24) is 19.9 Å². The van der Waals surface area contributed by atoms with Crippen LogP contribution in [-0.2, 0) is 19.0 Å². The predicted octanol–water partition coefficient (Wildman–Crippen LogP) is 29.1. The average molecular weight is 1760 g/mol. The fraction of sp³-hybridized carbons (Fsp3) is 0. The maximum atomic E-state index is 15.2. The van der Waals surface area contributed by atoms with Gasteiger partial charge < -0.3 is 9.13 Å². The van der Waals surface area contributed by atoms with Crippen LogP contribution in [0.5, 0.6) is 0 Å². The van der Waals surface area contributed by atoms with Gasteiger partial charge in [0.05, 0.1) is 48.9 Å². The van der Waals surface area contributed by atoms with Crippen molar-refractivity contribution in [1.29, 1.82) is 0 Å². The summed E-state index contributed by atoms with van der Waals surface area (Å²) in [7, 11) is -10.1. The minimum atomic E-state index is -3.85. The van der Waals surface area contributed by atoms with Crippen molar-refractivity contribution in [2.24, 2.45) is 0 Å². The van der Waals surface area contributed by atoms with Crippen LogP contribution in [0.2, 0.25) is 0 Å². The third-order valence-corrected chi connectivity index (χ3v) is 34.5. The van der Waals surface area contributed by atoms with E-state index in [1.807, 2.05) is 225 Å². The van der Waals surface area contributed by atoms with E-state index in [-0.39, 0.29) is 4.90 Å². The highest BCUT2D eigenvalue weighted by Crippen LogP contribution is 2.52. The molecule has 0 aliphatic heterocycles. The molecule has 26 aromatic rings. The second-order valence-corrected chi connectivity index (χ2v) is 41.2. The van der Waals surface area contributed by atoms with E-state index in [9.17, 15) is 8.42 Å². The molecule has 26 rings (SSSR count). The summed E-state index contributed by atoms with van der Waals surface area (Å²) < 4.78 is 59.1. The van der Waals surface area contributed by atoms with Crippen LogP contribution in [0, 0.1) is 0 Å². The summed E-state index contributed by atoms with van der Waals surface area (Å²) >= 11 is 0. The van der Waals surface area contributed by atoms with Crippen molar-refractivity contribution in [2.75, 3.05) is 0 Å². The van der Waals surface area contributed by atoms with Crippen LogP contribution in [0.3, 0.4) is 0 Å². The van der Waals surface area contributed by atoms with Gasteiger partial charge in [-0.25, -0.2) is 23.4 Å². The Hall–Kier alpha value is -16.3. The van der Waals surface area contributed by atoms with Crippen LogP contribution in [-0.4, -0.2) is 28.4 Å². The molecule has 0 saturated carbocycles. The van der Waals surface area contributed by atoms with E-state index in [4.69, 9.17) is 19.9 Å². The van der Waals surface area contributed by atoms with E-state index < -0.39 is 24.1 Å². The first-order valence-electron chi connectivity index (χ1n) is 44.6. The zero-order valence-electron chi connectivity index (χ0n) is 71.8. The van der Waals surface area contributed by atoms with Gasteiger partial charge in [0, 0.05) is 109 Å². The first-order valence-corrected chi connectivity index (χ1v) is 49.5. The van der Waals surface area contributed by atoms with Gasteiger partial charge in [0.15, 0.2) is 14.3 Å². The average Bonchev–Trinajstić information content (AvgIpc) is 0.699. The maximum absolute atomic E-state index is 15.2. The topological polar surface area (TPSA) is 120 Å². The Labute approximate surface area is 766 Å². The Morgan fingerprint density at radius 1 is 0.203 bits per heavy atom. The summed E-state index contributed by atoms with van der Waals surface area (Å²) in [4.78, 5) is 21.5. The van der Waals surface area contributed by atoms with Crippen LogP contribution < -0.4 is 31.8 Å². The van der Waals surface area contributed by atoms with Gasteiger partial charge in [-0.3, -0.25) is 4.98 Å². The first kappa shape index (κ1) is 80.1. The fourth-order valence-electron chi connectivity index (χ4n) is 20.6. The Balaban J connectivity index is 0.000000110. The summed E-state index contributed by atoms with van der Waals surface area (Å²) in [6.45, 7) is 0. The van der Waals surface area contributed by atoms with Crippen molar-refractivity contribution in [3.63, 3.8) is 0 Å². The Morgan fingerprint density at radius 3 is 1.04 bits per heavy atom. The number of para-hydroxylation sites is 1. The predicted molar refractivity (Wildman–Crippen MR) is 560 cm³/mol. The lowest BCUT2D eigenvalue weighted by Crippen LogP contribution is -2.25. The monoisotopic (exact) mass is 1760 g/mol. The van der Waals surface area contributed by atoms with Gasteiger partial charge in [-0.05, 0) is 129 Å². The van der Waals surface area contributed by atoms with Crippen molar-refractivity contribution >= 4 is 218 Å². The molecule has 4 heterocycles. The lowest BCUT2D eigenvalue weighted by Gasteiger charge is -2.21. The number of hydrogen-bond acceptors (Lipinski definition) is 8. The molecule has 0 N–H and O–H groups in total. The molecule has 0 aliphatic rings. The fourth-order valence-corrected chi connectivity index (χ4v) is 27.7. The van der Waals surface area contributed by atoms with Crippen molar-refractivity contribution in [3.05, 3.63) is 473 Å². The second-order valence-electron chi connectivity index (χ2n) is 33.7. The molecule has 133 heavy (non-hydrogen) atoms. The van der Waals surface area contributed by atoms with Gasteiger partial charge in [0.1, 0.15) is 0 Å². The minimum absolute atomic E-state index is 0.278. The number of hydrogen-bond donors (Lipinski definition) is 0. The molecule has 0 radical (unpaired) electrons. The number of sulfone groups is 1. The van der Waals surface area contributed by atoms with Gasteiger partial charge in [-0.1, -0.05) is 425 Å². The van der Waals surface area contributed by atoms with E-state index in [1.165, 1.54) is 64.6 Å². The summed E-state index contributed by atoms with van der Waals surface area (Å²) in [6.07, 6.45) is 1.84. The zero-order valence-corrected chi connectivity index (χ0v) is 74.4. The second kappa shape index (κ2) is 32.7. The Bertz CT molecular complexity index is 9340. The first-order chi connectivity index (χ1) is 65.6. The Kier molecular flexibility index (Phi) is 19.7. The van der Waals surface area contributed by atoms with E-state index in [2.05, 4.69) is 224 Å². The lowest BCUT2D eigenvalue weighted by atomic mass is 9.87. The van der Waals surface area contributed by atoms with Crippen molar-refractivity contribution < 1.29 is 17.5 Å². The molecular weight excluding hydrogens is 1680 g/mol. The van der Waals surface area contributed by atoms with E-state index in [0.717, 1.165) is 152 Å². The third-order valence-electron chi connectivity index (χ3n) is 26.5. The number of aromatic nitrogens is 4. The molecule has 0 atom stereocenters. The minimum Gasteiger partial charge on any atom is -0.309 e. The van der Waals surface area contributed by atoms with Crippen molar-refractivity contribution in [2.45, 2.75) is 9.79 Å². The molecule has 626 valence electrons. The van der Waals surface area contributed by atoms with E-state index in [0.29, 0.717) is 15.7 Å². The van der Waals surface area contributed by atoms with Crippen LogP contribution in [0.1, 0.15) is 0 Å². The summed E-state index contributed by atoms with van der Waals surface area (Å²) in [5.74, 6) is 0. The quantitative estimate of drug-likeness (QED) is 0.0713. The third kappa shape index (κ3) is 13.1. The Morgan fingerprint density at radius 2 is 0.541 bits per heavy atom. The number of benzene rings is 22. The van der Waals surface area contributed by atoms with Crippen molar-refractivity contribution in [3.8, 4) is 33.8 Å². The molecule has 0 bridgehead atoms. The molecule has 4 aromatic heterocycles. The number of fused-ring (bicyclic) bond motifs is 28. The number of nitrogens with zero attached hydrogens (tertiary/aromatic N) is 4. The molecule has 0 fully saturated rings. The molecule has 22 aromatic carbocycles. The summed E-state index contributed by atoms with van der Waals surface area (Å²) in [6, 6.07) is 157. The SMILES string of the molecule is O=P(c1ccccc1)(c1ccccc1)c1ccc(-c2nc3ccc4ccccc4c3c3c4ccccc4c4ccccc4c23)cc1.O=P(c1ccccc1)(c1ccccc1)c1cccc(-c2nc3cccnc3c3c4ccccc4c4ccccc4c23)c1.O=S(=O)(c1ccccc1)c1c2ccccc2c(-c2nc3ccccc3c3c4ccccc4c4ccccc4c23)c2ccccc12. The van der Waals surface area contributed by atoms with Crippen LogP contribution in [0.15, 0.2) is 483 Å². The van der Waals surface area contributed by atoms with Crippen LogP contribution in [0.25, 0.3) is 196 Å². The van der Waals surface area contributed by atoms with Crippen LogP contribution in [0.4, 0.5) is 0 Å². The number of rotatable bonds is 11. The largest absolute Gasteiger partial charge is 0.309 e. The van der Waals surface area contributed by atoms with E-state index >= 15 is 9.13 Å². The van der Waals surface area contributed by atoms with Gasteiger partial charge >= 0.3 is 0 Å². The number of pyridine rings is 4. The molecule has 0 amide bonds. The highest BCUT2D eigenvalue weighted by molar-refractivity contribution is 7.92. The molecule has 0 unspecified atom stereocenters. The molecular formula is C122H78N4O4P2S. The van der Waals surface area contributed by atoms with Gasteiger partial charge in [0.2, 0.25) is 9.84 Å². The maximum Gasteiger partial charge on any atom is 0.207 e. The molecule has 0 spiro atoms. The smallest absolute Gasteiger partial charge is 0.207 e. The zero-order chi connectivity index (χ0) is 88.9. The molecule has 0 saturated heterocycles. The highest BCUT2D eigenvalue weighted by Gasteiger charge is 2.34. The van der Waals surface area contributed by atoms with Crippen LogP contribution >= 0.6 is 14.3 Å². The van der Waals surface area contributed by atoms with Gasteiger partial charge in [0.25, 0.3) is 0 Å². The van der Waals surface area contributed by atoms with Gasteiger partial charge in [-0.15, -0.1) is 0 Å². The lowest BCUT2D eigenvalue weighted by molar-refractivity contribution is 0.591. The van der Waals surface area contributed by atoms with Gasteiger partial charge in [-0.2, -0.15) is 0 Å². The summed E-state index contributed by atoms with van der Waals surface area (Å²) in [5.41, 5.74) is 9.08. The molecule has 0 aliphatic carbocycles.